The maximum atomic E-state index is 6.06. The average molecular weight is 341 g/mol. The van der Waals surface area contributed by atoms with Gasteiger partial charge in [-0.3, -0.25) is 5.10 Å². The van der Waals surface area contributed by atoms with E-state index in [0.717, 1.165) is 33.2 Å². The Morgan fingerprint density at radius 1 is 1.47 bits per heavy atom. The fraction of sp³-hybridized carbons (Fsp3) is 0.385. The average Bonchev–Trinajstić information content (AvgIpc) is 2.78. The van der Waals surface area contributed by atoms with Crippen LogP contribution in [0, 0.1) is 6.92 Å². The monoisotopic (exact) mass is 340 g/mol. The lowest BCUT2D eigenvalue weighted by Crippen LogP contribution is -2.21. The van der Waals surface area contributed by atoms with Crippen LogP contribution in [0.15, 0.2) is 32.7 Å². The van der Waals surface area contributed by atoms with Crippen LogP contribution in [0.5, 0.6) is 0 Å². The third-order valence-corrected chi connectivity index (χ3v) is 4.28. The minimum atomic E-state index is 0.183. The number of hydrogen-bond acceptors (Lipinski definition) is 4. The summed E-state index contributed by atoms with van der Waals surface area (Å²) in [5.74, 6) is 0.825. The Kier molecular flexibility index (Phi) is 5.01. The minimum Gasteiger partial charge on any atom is -0.327 e. The minimum absolute atomic E-state index is 0.183. The van der Waals surface area contributed by atoms with Crippen LogP contribution in [0.4, 0.5) is 0 Å². The number of nitrogens with one attached hydrogen (secondary N) is 1. The number of aromatic nitrogens is 3. The number of nitrogens with two attached hydrogens (primary N) is 1. The smallest absolute Gasteiger partial charge is 0.213 e. The summed E-state index contributed by atoms with van der Waals surface area (Å²) in [5, 5.41) is 7.76. The lowest BCUT2D eigenvalue weighted by molar-refractivity contribution is 0.641. The zero-order valence-corrected chi connectivity index (χ0v) is 13.4. The molecule has 1 aromatic carbocycles. The molecule has 0 saturated carbocycles. The molecule has 0 aliphatic carbocycles. The summed E-state index contributed by atoms with van der Waals surface area (Å²) in [5.41, 5.74) is 7.29. The fourth-order valence-electron chi connectivity index (χ4n) is 1.70. The van der Waals surface area contributed by atoms with Gasteiger partial charge in [0.15, 0.2) is 0 Å². The molecule has 0 aliphatic heterocycles. The molecule has 4 nitrogen and oxygen atoms in total. The van der Waals surface area contributed by atoms with Crippen LogP contribution < -0.4 is 5.73 Å². The molecule has 0 amide bonds. The molecule has 3 N–H and O–H groups in total. The summed E-state index contributed by atoms with van der Waals surface area (Å²) >= 11 is 5.08. The molecule has 0 spiro atoms. The zero-order chi connectivity index (χ0) is 13.8. The Hall–Kier alpha value is -0.850. The summed E-state index contributed by atoms with van der Waals surface area (Å²) in [6.45, 7) is 4.00. The molecule has 102 valence electrons. The van der Waals surface area contributed by atoms with Crippen molar-refractivity contribution in [2.45, 2.75) is 42.8 Å². The van der Waals surface area contributed by atoms with Crippen LogP contribution in [-0.2, 0) is 6.42 Å². The lowest BCUT2D eigenvalue weighted by Gasteiger charge is -2.12. The molecule has 19 heavy (non-hydrogen) atoms. The van der Waals surface area contributed by atoms with Gasteiger partial charge in [-0.25, -0.2) is 4.98 Å². The van der Waals surface area contributed by atoms with Crippen LogP contribution in [-0.4, -0.2) is 21.2 Å². The first kappa shape index (κ1) is 14.6. The van der Waals surface area contributed by atoms with Gasteiger partial charge < -0.3 is 5.73 Å². The second-order valence-corrected chi connectivity index (χ2v) is 6.35. The van der Waals surface area contributed by atoms with Crippen molar-refractivity contribution in [2.24, 2.45) is 5.73 Å². The summed E-state index contributed by atoms with van der Waals surface area (Å²) in [6, 6.07) is 6.42. The molecule has 0 bridgehead atoms. The number of hydrogen-bond donors (Lipinski definition) is 2. The third kappa shape index (κ3) is 4.06. The van der Waals surface area contributed by atoms with Crippen LogP contribution in [0.2, 0.25) is 0 Å². The standard InChI is InChI=1S/C13H17BrN4S/c1-3-11(15)7-9-6-10(14)4-5-12(9)19-13-16-8(2)17-18-13/h4-6,11H,3,7,15H2,1-2H3,(H,16,17,18). The number of H-pyrrole nitrogens is 1. The van der Waals surface area contributed by atoms with Crippen molar-refractivity contribution < 1.29 is 0 Å². The van der Waals surface area contributed by atoms with Crippen molar-refractivity contribution >= 4 is 27.7 Å². The normalized spacial score (nSPS) is 12.6. The van der Waals surface area contributed by atoms with E-state index < -0.39 is 0 Å². The fourth-order valence-corrected chi connectivity index (χ4v) is 2.99. The predicted molar refractivity (Wildman–Crippen MR) is 81.4 cm³/mol. The maximum absolute atomic E-state index is 6.06. The number of nitrogens with zero attached hydrogens (tertiary/aromatic N) is 2. The van der Waals surface area contributed by atoms with Gasteiger partial charge in [0.2, 0.25) is 5.16 Å². The van der Waals surface area contributed by atoms with Crippen molar-refractivity contribution in [3.05, 3.63) is 34.1 Å². The number of halogens is 1. The summed E-state index contributed by atoms with van der Waals surface area (Å²) in [7, 11) is 0. The molecule has 1 aromatic heterocycles. The highest BCUT2D eigenvalue weighted by molar-refractivity contribution is 9.10. The van der Waals surface area contributed by atoms with Crippen molar-refractivity contribution in [3.8, 4) is 0 Å². The molecule has 0 fully saturated rings. The van der Waals surface area contributed by atoms with Gasteiger partial charge in [-0.05, 0) is 55.3 Å². The van der Waals surface area contributed by atoms with Crippen molar-refractivity contribution in [3.63, 3.8) is 0 Å². The third-order valence-electron chi connectivity index (χ3n) is 2.81. The lowest BCUT2D eigenvalue weighted by atomic mass is 10.1. The predicted octanol–water partition coefficient (Wildman–Crippen LogP) is 3.31. The van der Waals surface area contributed by atoms with E-state index in [9.17, 15) is 0 Å². The Bertz CT molecular complexity index is 555. The molecule has 6 heteroatoms. The van der Waals surface area contributed by atoms with E-state index in [-0.39, 0.29) is 6.04 Å². The van der Waals surface area contributed by atoms with E-state index in [2.05, 4.69) is 50.2 Å². The van der Waals surface area contributed by atoms with E-state index in [1.807, 2.05) is 13.0 Å². The van der Waals surface area contributed by atoms with Gasteiger partial charge in [-0.1, -0.05) is 22.9 Å². The number of benzene rings is 1. The molecule has 0 aliphatic rings. The van der Waals surface area contributed by atoms with Crippen molar-refractivity contribution in [1.82, 2.24) is 15.2 Å². The molecular weight excluding hydrogens is 324 g/mol. The highest BCUT2D eigenvalue weighted by atomic mass is 79.9. The second-order valence-electron chi connectivity index (χ2n) is 4.43. The van der Waals surface area contributed by atoms with E-state index in [0.29, 0.717) is 0 Å². The summed E-state index contributed by atoms with van der Waals surface area (Å²) in [6.07, 6.45) is 1.83. The molecule has 0 saturated heterocycles. The van der Waals surface area contributed by atoms with E-state index in [1.165, 1.54) is 5.56 Å². The topological polar surface area (TPSA) is 67.6 Å². The molecule has 0 radical (unpaired) electrons. The van der Waals surface area contributed by atoms with E-state index >= 15 is 0 Å². The largest absolute Gasteiger partial charge is 0.327 e. The highest BCUT2D eigenvalue weighted by Crippen LogP contribution is 2.30. The first-order valence-electron chi connectivity index (χ1n) is 6.19. The van der Waals surface area contributed by atoms with Crippen molar-refractivity contribution in [2.75, 3.05) is 0 Å². The number of aromatic amines is 1. The van der Waals surface area contributed by atoms with Gasteiger partial charge >= 0.3 is 0 Å². The first-order valence-corrected chi connectivity index (χ1v) is 7.80. The highest BCUT2D eigenvalue weighted by Gasteiger charge is 2.11. The molecule has 1 heterocycles. The van der Waals surface area contributed by atoms with Crippen LogP contribution in [0.25, 0.3) is 0 Å². The quantitative estimate of drug-likeness (QED) is 0.876. The SMILES string of the molecule is CCC(N)Cc1cc(Br)ccc1Sc1n[nH]c(C)n1. The number of rotatable bonds is 5. The maximum Gasteiger partial charge on any atom is 0.213 e. The molecule has 1 unspecified atom stereocenters. The second kappa shape index (κ2) is 6.54. The van der Waals surface area contributed by atoms with Crippen LogP contribution in [0.1, 0.15) is 24.7 Å². The Morgan fingerprint density at radius 2 is 2.26 bits per heavy atom. The Labute approximate surface area is 125 Å². The van der Waals surface area contributed by atoms with E-state index in [4.69, 9.17) is 5.73 Å². The first-order chi connectivity index (χ1) is 9.08. The Morgan fingerprint density at radius 3 is 2.89 bits per heavy atom. The van der Waals surface area contributed by atoms with Gasteiger partial charge in [-0.15, -0.1) is 5.10 Å². The van der Waals surface area contributed by atoms with Gasteiger partial charge in [0.1, 0.15) is 5.82 Å². The summed E-state index contributed by atoms with van der Waals surface area (Å²) in [4.78, 5) is 5.48. The van der Waals surface area contributed by atoms with Gasteiger partial charge in [0, 0.05) is 15.4 Å². The molecular formula is C13H17BrN4S. The van der Waals surface area contributed by atoms with E-state index in [1.54, 1.807) is 11.8 Å². The van der Waals surface area contributed by atoms with Gasteiger partial charge in [-0.2, -0.15) is 0 Å². The molecule has 2 rings (SSSR count). The van der Waals surface area contributed by atoms with Crippen molar-refractivity contribution in [1.29, 1.82) is 0 Å². The van der Waals surface area contributed by atoms with Crippen LogP contribution >= 0.6 is 27.7 Å². The molecule has 1 atom stereocenters. The van der Waals surface area contributed by atoms with Gasteiger partial charge in [0.25, 0.3) is 0 Å². The molecule has 2 aromatic rings. The van der Waals surface area contributed by atoms with Gasteiger partial charge in [0.05, 0.1) is 0 Å². The Balaban J connectivity index is 2.23. The zero-order valence-electron chi connectivity index (χ0n) is 11.0. The number of aryl methyl sites for hydroxylation is 1. The van der Waals surface area contributed by atoms with Crippen LogP contribution in [0.3, 0.4) is 0 Å². The summed E-state index contributed by atoms with van der Waals surface area (Å²) < 4.78 is 1.07.